The fourth-order valence-electron chi connectivity index (χ4n) is 1.80. The molecule has 0 unspecified atom stereocenters. The standard InChI is InChI=1S/C13H17N3O3S/c1-8-5-11(19-4)12(6-9(8)2)20(17,18)16-13-7-10(3)14-15-13/h5-7H,1-4H3,(H2,14,15,16). The number of ether oxygens (including phenoxy) is 1. The van der Waals surface area contributed by atoms with Crippen molar-refractivity contribution < 1.29 is 13.2 Å². The normalized spacial score (nSPS) is 11.4. The Morgan fingerprint density at radius 1 is 1.15 bits per heavy atom. The van der Waals surface area contributed by atoms with Crippen LogP contribution in [0.4, 0.5) is 5.82 Å². The first kappa shape index (κ1) is 14.4. The molecule has 2 aromatic rings. The van der Waals surface area contributed by atoms with Gasteiger partial charge in [-0.3, -0.25) is 9.82 Å². The monoisotopic (exact) mass is 295 g/mol. The van der Waals surface area contributed by atoms with E-state index < -0.39 is 10.0 Å². The van der Waals surface area contributed by atoms with Gasteiger partial charge in [-0.05, 0) is 44.0 Å². The second-order valence-corrected chi connectivity index (χ2v) is 6.28. The Morgan fingerprint density at radius 3 is 2.35 bits per heavy atom. The SMILES string of the molecule is COc1cc(C)c(C)cc1S(=O)(=O)Nc1cc(C)[nH]n1. The van der Waals surface area contributed by atoms with Crippen molar-refractivity contribution in [2.45, 2.75) is 25.7 Å². The number of H-pyrrole nitrogens is 1. The zero-order valence-electron chi connectivity index (χ0n) is 11.8. The maximum atomic E-state index is 12.4. The van der Waals surface area contributed by atoms with E-state index >= 15 is 0 Å². The summed E-state index contributed by atoms with van der Waals surface area (Å²) in [7, 11) is -2.29. The van der Waals surface area contributed by atoms with Crippen LogP contribution in [-0.2, 0) is 10.0 Å². The van der Waals surface area contributed by atoms with Crippen molar-refractivity contribution in [3.8, 4) is 5.75 Å². The van der Waals surface area contributed by atoms with Gasteiger partial charge in [-0.1, -0.05) is 0 Å². The molecule has 0 atom stereocenters. The molecule has 0 aliphatic rings. The Hall–Kier alpha value is -2.02. The Bertz CT molecular complexity index is 735. The van der Waals surface area contributed by atoms with E-state index in [0.717, 1.165) is 16.8 Å². The summed E-state index contributed by atoms with van der Waals surface area (Å²) in [6.45, 7) is 5.55. The van der Waals surface area contributed by atoms with Crippen LogP contribution in [0, 0.1) is 20.8 Å². The minimum Gasteiger partial charge on any atom is -0.495 e. The van der Waals surface area contributed by atoms with Gasteiger partial charge in [-0.25, -0.2) is 8.42 Å². The highest BCUT2D eigenvalue weighted by Crippen LogP contribution is 2.28. The van der Waals surface area contributed by atoms with Crippen LogP contribution in [0.5, 0.6) is 5.75 Å². The molecule has 0 aliphatic carbocycles. The molecule has 7 heteroatoms. The van der Waals surface area contributed by atoms with Crippen LogP contribution < -0.4 is 9.46 Å². The summed E-state index contributed by atoms with van der Waals surface area (Å²) >= 11 is 0. The van der Waals surface area contributed by atoms with Crippen molar-refractivity contribution in [1.29, 1.82) is 0 Å². The van der Waals surface area contributed by atoms with Crippen LogP contribution >= 0.6 is 0 Å². The lowest BCUT2D eigenvalue weighted by atomic mass is 10.1. The van der Waals surface area contributed by atoms with Crippen molar-refractivity contribution in [3.05, 3.63) is 35.0 Å². The number of nitrogens with zero attached hydrogens (tertiary/aromatic N) is 1. The Morgan fingerprint density at radius 2 is 1.80 bits per heavy atom. The van der Waals surface area contributed by atoms with Crippen LogP contribution in [0.25, 0.3) is 0 Å². The fraction of sp³-hybridized carbons (Fsp3) is 0.308. The third-order valence-corrected chi connectivity index (χ3v) is 4.39. The third kappa shape index (κ3) is 2.77. The molecule has 0 fully saturated rings. The Kier molecular flexibility index (Phi) is 3.71. The number of hydrogen-bond donors (Lipinski definition) is 2. The smallest absolute Gasteiger partial charge is 0.266 e. The summed E-state index contributed by atoms with van der Waals surface area (Å²) < 4.78 is 32.4. The molecule has 1 heterocycles. The first-order valence-electron chi connectivity index (χ1n) is 6.03. The zero-order chi connectivity index (χ0) is 14.9. The van der Waals surface area contributed by atoms with Gasteiger partial charge in [0, 0.05) is 11.8 Å². The molecule has 6 nitrogen and oxygen atoms in total. The predicted molar refractivity (Wildman–Crippen MR) is 76.6 cm³/mol. The Balaban J connectivity index is 2.46. The summed E-state index contributed by atoms with van der Waals surface area (Å²) in [5, 5.41) is 6.55. The van der Waals surface area contributed by atoms with Gasteiger partial charge in [0.25, 0.3) is 10.0 Å². The summed E-state index contributed by atoms with van der Waals surface area (Å²) in [5.74, 6) is 0.565. The number of sulfonamides is 1. The molecule has 0 aliphatic heterocycles. The molecule has 20 heavy (non-hydrogen) atoms. The number of anilines is 1. The predicted octanol–water partition coefficient (Wildman–Crippen LogP) is 2.14. The van der Waals surface area contributed by atoms with Gasteiger partial charge in [0.05, 0.1) is 7.11 Å². The summed E-state index contributed by atoms with van der Waals surface area (Å²) in [6, 6.07) is 4.92. The van der Waals surface area contributed by atoms with Crippen LogP contribution in [0.1, 0.15) is 16.8 Å². The van der Waals surface area contributed by atoms with Crippen LogP contribution in [0.15, 0.2) is 23.1 Å². The van der Waals surface area contributed by atoms with E-state index in [-0.39, 0.29) is 10.7 Å². The minimum atomic E-state index is -3.74. The molecule has 0 amide bonds. The van der Waals surface area contributed by atoms with E-state index in [1.54, 1.807) is 25.1 Å². The number of nitrogens with one attached hydrogen (secondary N) is 2. The molecule has 108 valence electrons. The zero-order valence-corrected chi connectivity index (χ0v) is 12.6. The molecule has 0 saturated carbocycles. The lowest BCUT2D eigenvalue weighted by Gasteiger charge is -2.12. The molecule has 1 aromatic heterocycles. The first-order valence-corrected chi connectivity index (χ1v) is 7.52. The highest BCUT2D eigenvalue weighted by Gasteiger charge is 2.21. The Labute approximate surface area is 118 Å². The van der Waals surface area contributed by atoms with Gasteiger partial charge < -0.3 is 4.74 Å². The molecule has 0 saturated heterocycles. The van der Waals surface area contributed by atoms with Crippen molar-refractivity contribution in [2.75, 3.05) is 11.8 Å². The van der Waals surface area contributed by atoms with E-state index in [1.165, 1.54) is 7.11 Å². The summed E-state index contributed by atoms with van der Waals surface area (Å²) in [6.07, 6.45) is 0. The average molecular weight is 295 g/mol. The van der Waals surface area contributed by atoms with E-state index in [4.69, 9.17) is 4.74 Å². The number of aromatic amines is 1. The number of benzene rings is 1. The number of rotatable bonds is 4. The number of aryl methyl sites for hydroxylation is 3. The quantitative estimate of drug-likeness (QED) is 0.905. The molecule has 2 rings (SSSR count). The van der Waals surface area contributed by atoms with E-state index in [0.29, 0.717) is 5.75 Å². The van der Waals surface area contributed by atoms with Gasteiger partial charge in [0.2, 0.25) is 0 Å². The molecule has 0 spiro atoms. The van der Waals surface area contributed by atoms with Crippen LogP contribution in [0.2, 0.25) is 0 Å². The van der Waals surface area contributed by atoms with Crippen molar-refractivity contribution in [3.63, 3.8) is 0 Å². The molecule has 0 bridgehead atoms. The lowest BCUT2D eigenvalue weighted by Crippen LogP contribution is -2.15. The molecule has 2 N–H and O–H groups in total. The summed E-state index contributed by atoms with van der Waals surface area (Å²) in [4.78, 5) is 0.101. The largest absolute Gasteiger partial charge is 0.495 e. The second kappa shape index (κ2) is 5.16. The minimum absolute atomic E-state index is 0.101. The summed E-state index contributed by atoms with van der Waals surface area (Å²) in [5.41, 5.74) is 2.62. The lowest BCUT2D eigenvalue weighted by molar-refractivity contribution is 0.402. The number of methoxy groups -OCH3 is 1. The van der Waals surface area contributed by atoms with Crippen LogP contribution in [-0.4, -0.2) is 25.7 Å². The number of aromatic nitrogens is 2. The average Bonchev–Trinajstić information content (AvgIpc) is 2.76. The van der Waals surface area contributed by atoms with Gasteiger partial charge in [-0.15, -0.1) is 0 Å². The third-order valence-electron chi connectivity index (χ3n) is 3.01. The van der Waals surface area contributed by atoms with Crippen molar-refractivity contribution in [1.82, 2.24) is 10.2 Å². The van der Waals surface area contributed by atoms with Crippen molar-refractivity contribution in [2.24, 2.45) is 0 Å². The van der Waals surface area contributed by atoms with Crippen LogP contribution in [0.3, 0.4) is 0 Å². The fourth-order valence-corrected chi connectivity index (χ4v) is 3.02. The maximum absolute atomic E-state index is 12.4. The second-order valence-electron chi connectivity index (χ2n) is 4.63. The van der Waals surface area contributed by atoms with Crippen molar-refractivity contribution >= 4 is 15.8 Å². The highest BCUT2D eigenvalue weighted by atomic mass is 32.2. The number of hydrogen-bond acceptors (Lipinski definition) is 4. The maximum Gasteiger partial charge on any atom is 0.266 e. The molecule has 0 radical (unpaired) electrons. The van der Waals surface area contributed by atoms with Gasteiger partial charge in [0.15, 0.2) is 5.82 Å². The van der Waals surface area contributed by atoms with Gasteiger partial charge >= 0.3 is 0 Å². The molecule has 1 aromatic carbocycles. The molecular weight excluding hydrogens is 278 g/mol. The molecular formula is C13H17N3O3S. The van der Waals surface area contributed by atoms with Gasteiger partial charge in [0.1, 0.15) is 10.6 Å². The van der Waals surface area contributed by atoms with E-state index in [2.05, 4.69) is 14.9 Å². The highest BCUT2D eigenvalue weighted by molar-refractivity contribution is 7.92. The topological polar surface area (TPSA) is 84.1 Å². The van der Waals surface area contributed by atoms with E-state index in [1.807, 2.05) is 13.8 Å². The van der Waals surface area contributed by atoms with Gasteiger partial charge in [-0.2, -0.15) is 5.10 Å². The van der Waals surface area contributed by atoms with E-state index in [9.17, 15) is 8.42 Å². The first-order chi connectivity index (χ1) is 9.33.